The number of aromatic nitrogens is 2. The van der Waals surface area contributed by atoms with Gasteiger partial charge in [0.1, 0.15) is 23.6 Å². The highest BCUT2D eigenvalue weighted by Gasteiger charge is 2.21. The van der Waals surface area contributed by atoms with Crippen LogP contribution in [-0.2, 0) is 6.42 Å². The van der Waals surface area contributed by atoms with Gasteiger partial charge in [0.25, 0.3) is 0 Å². The molecule has 1 aromatic heterocycles. The Morgan fingerprint density at radius 1 is 0.929 bits per heavy atom. The Hall–Kier alpha value is -3.08. The van der Waals surface area contributed by atoms with Gasteiger partial charge in [0, 0.05) is 19.2 Å². The van der Waals surface area contributed by atoms with Crippen molar-refractivity contribution in [3.63, 3.8) is 0 Å². The van der Waals surface area contributed by atoms with Gasteiger partial charge in [0.15, 0.2) is 0 Å². The third kappa shape index (κ3) is 4.60. The van der Waals surface area contributed by atoms with Crippen LogP contribution in [0.1, 0.15) is 18.4 Å². The summed E-state index contributed by atoms with van der Waals surface area (Å²) in [4.78, 5) is 11.0. The summed E-state index contributed by atoms with van der Waals surface area (Å²) in [5.74, 6) is 3.75. The molecule has 1 saturated heterocycles. The van der Waals surface area contributed by atoms with E-state index in [4.69, 9.17) is 9.47 Å². The summed E-state index contributed by atoms with van der Waals surface area (Å²) in [7, 11) is 1.65. The summed E-state index contributed by atoms with van der Waals surface area (Å²) in [6, 6.07) is 20.2. The predicted molar refractivity (Wildman–Crippen MR) is 110 cm³/mol. The monoisotopic (exact) mass is 375 g/mol. The van der Waals surface area contributed by atoms with Gasteiger partial charge in [0.2, 0.25) is 5.88 Å². The van der Waals surface area contributed by atoms with Crippen molar-refractivity contribution in [1.29, 1.82) is 0 Å². The maximum Gasteiger partial charge on any atom is 0.224 e. The first-order valence-corrected chi connectivity index (χ1v) is 9.73. The van der Waals surface area contributed by atoms with Crippen LogP contribution in [0, 0.1) is 5.92 Å². The van der Waals surface area contributed by atoms with E-state index in [0.717, 1.165) is 42.7 Å². The fourth-order valence-corrected chi connectivity index (χ4v) is 3.64. The molecule has 0 aliphatic carbocycles. The molecule has 0 N–H and O–H groups in total. The topological polar surface area (TPSA) is 47.5 Å². The minimum absolute atomic E-state index is 0.557. The van der Waals surface area contributed by atoms with Crippen molar-refractivity contribution in [2.45, 2.75) is 19.3 Å². The van der Waals surface area contributed by atoms with E-state index in [1.807, 2.05) is 30.3 Å². The quantitative estimate of drug-likeness (QED) is 0.623. The van der Waals surface area contributed by atoms with Gasteiger partial charge in [-0.25, -0.2) is 9.97 Å². The number of methoxy groups -OCH3 is 1. The van der Waals surface area contributed by atoms with Crippen LogP contribution in [0.25, 0.3) is 0 Å². The maximum absolute atomic E-state index is 5.88. The zero-order valence-corrected chi connectivity index (χ0v) is 16.1. The van der Waals surface area contributed by atoms with E-state index in [2.05, 4.69) is 45.2 Å². The van der Waals surface area contributed by atoms with Crippen LogP contribution >= 0.6 is 0 Å². The first-order chi connectivity index (χ1) is 13.8. The third-order valence-corrected chi connectivity index (χ3v) is 5.22. The van der Waals surface area contributed by atoms with Gasteiger partial charge in [0.05, 0.1) is 7.11 Å². The van der Waals surface area contributed by atoms with Crippen molar-refractivity contribution in [1.82, 2.24) is 9.97 Å². The third-order valence-electron chi connectivity index (χ3n) is 5.22. The molecule has 2 heterocycles. The smallest absolute Gasteiger partial charge is 0.224 e. The molecule has 0 unspecified atom stereocenters. The van der Waals surface area contributed by atoms with E-state index >= 15 is 0 Å². The first kappa shape index (κ1) is 18.3. The minimum atomic E-state index is 0.557. The largest absolute Gasteiger partial charge is 0.497 e. The molecule has 4 rings (SSSR count). The van der Waals surface area contributed by atoms with Gasteiger partial charge in [-0.1, -0.05) is 30.3 Å². The Kier molecular flexibility index (Phi) is 5.71. The number of ether oxygens (including phenoxy) is 2. The number of benzene rings is 2. The Bertz CT molecular complexity index is 876. The van der Waals surface area contributed by atoms with Gasteiger partial charge < -0.3 is 14.4 Å². The molecular weight excluding hydrogens is 350 g/mol. The molecule has 0 bridgehead atoms. The number of anilines is 1. The number of hydrogen-bond acceptors (Lipinski definition) is 5. The Labute approximate surface area is 166 Å². The molecule has 1 fully saturated rings. The second-order valence-corrected chi connectivity index (χ2v) is 7.11. The zero-order chi connectivity index (χ0) is 19.2. The lowest BCUT2D eigenvalue weighted by Crippen LogP contribution is -2.34. The molecule has 0 radical (unpaired) electrons. The van der Waals surface area contributed by atoms with Crippen molar-refractivity contribution in [2.75, 3.05) is 25.1 Å². The minimum Gasteiger partial charge on any atom is -0.497 e. The summed E-state index contributed by atoms with van der Waals surface area (Å²) >= 11 is 0. The molecule has 0 saturated carbocycles. The Morgan fingerprint density at radius 2 is 1.64 bits per heavy atom. The van der Waals surface area contributed by atoms with Crippen LogP contribution in [0.5, 0.6) is 17.4 Å². The lowest BCUT2D eigenvalue weighted by atomic mass is 9.90. The standard InChI is InChI=1S/C23H25N3O2/c1-27-20-7-9-21(10-8-20)28-23-16-22(24-17-25-23)26-13-11-19(12-14-26)15-18-5-3-2-4-6-18/h2-10,16-17,19H,11-15H2,1H3. The molecule has 0 amide bonds. The number of piperidine rings is 1. The lowest BCUT2D eigenvalue weighted by molar-refractivity contribution is 0.401. The average molecular weight is 375 g/mol. The fourth-order valence-electron chi connectivity index (χ4n) is 3.64. The molecule has 5 nitrogen and oxygen atoms in total. The van der Waals surface area contributed by atoms with Crippen LogP contribution in [-0.4, -0.2) is 30.2 Å². The second kappa shape index (κ2) is 8.74. The van der Waals surface area contributed by atoms with Crippen molar-refractivity contribution in [2.24, 2.45) is 5.92 Å². The molecule has 0 atom stereocenters. The fraction of sp³-hybridized carbons (Fsp3) is 0.304. The van der Waals surface area contributed by atoms with Gasteiger partial charge in [-0.3, -0.25) is 0 Å². The maximum atomic E-state index is 5.88. The Morgan fingerprint density at radius 3 is 2.36 bits per heavy atom. The molecule has 28 heavy (non-hydrogen) atoms. The van der Waals surface area contributed by atoms with Gasteiger partial charge >= 0.3 is 0 Å². The van der Waals surface area contributed by atoms with Crippen molar-refractivity contribution in [3.8, 4) is 17.4 Å². The number of nitrogens with zero attached hydrogens (tertiary/aromatic N) is 3. The molecule has 1 aliphatic heterocycles. The summed E-state index contributed by atoms with van der Waals surface area (Å²) in [6.45, 7) is 2.02. The predicted octanol–water partition coefficient (Wildman–Crippen LogP) is 4.74. The van der Waals surface area contributed by atoms with Crippen molar-refractivity contribution < 1.29 is 9.47 Å². The van der Waals surface area contributed by atoms with E-state index in [-0.39, 0.29) is 0 Å². The highest BCUT2D eigenvalue weighted by molar-refractivity contribution is 5.43. The van der Waals surface area contributed by atoms with Crippen molar-refractivity contribution >= 4 is 5.82 Å². The summed E-state index contributed by atoms with van der Waals surface area (Å²) in [6.07, 6.45) is 5.08. The summed E-state index contributed by atoms with van der Waals surface area (Å²) in [5.41, 5.74) is 1.43. The highest BCUT2D eigenvalue weighted by Crippen LogP contribution is 2.28. The summed E-state index contributed by atoms with van der Waals surface area (Å²) in [5, 5.41) is 0. The highest BCUT2D eigenvalue weighted by atomic mass is 16.5. The molecule has 1 aliphatic rings. The number of hydrogen-bond donors (Lipinski definition) is 0. The van der Waals surface area contributed by atoms with E-state index in [1.54, 1.807) is 13.4 Å². The summed E-state index contributed by atoms with van der Waals surface area (Å²) < 4.78 is 11.1. The first-order valence-electron chi connectivity index (χ1n) is 9.73. The van der Waals surface area contributed by atoms with Crippen LogP contribution < -0.4 is 14.4 Å². The van der Waals surface area contributed by atoms with Crippen LogP contribution in [0.4, 0.5) is 5.82 Å². The molecule has 5 heteroatoms. The second-order valence-electron chi connectivity index (χ2n) is 7.11. The normalized spacial score (nSPS) is 14.7. The molecule has 3 aromatic rings. The molecule has 2 aromatic carbocycles. The van der Waals surface area contributed by atoms with Gasteiger partial charge in [-0.2, -0.15) is 0 Å². The van der Waals surface area contributed by atoms with E-state index in [9.17, 15) is 0 Å². The van der Waals surface area contributed by atoms with Crippen LogP contribution in [0.2, 0.25) is 0 Å². The van der Waals surface area contributed by atoms with Gasteiger partial charge in [-0.05, 0) is 55.0 Å². The molecule has 144 valence electrons. The number of rotatable bonds is 6. The van der Waals surface area contributed by atoms with E-state index in [0.29, 0.717) is 5.88 Å². The lowest BCUT2D eigenvalue weighted by Gasteiger charge is -2.32. The molecule has 0 spiro atoms. The van der Waals surface area contributed by atoms with Crippen LogP contribution in [0.3, 0.4) is 0 Å². The van der Waals surface area contributed by atoms with Gasteiger partial charge in [-0.15, -0.1) is 0 Å². The van der Waals surface area contributed by atoms with E-state index < -0.39 is 0 Å². The average Bonchev–Trinajstić information content (AvgIpc) is 2.76. The Balaban J connectivity index is 1.35. The van der Waals surface area contributed by atoms with Crippen LogP contribution in [0.15, 0.2) is 67.0 Å². The zero-order valence-electron chi connectivity index (χ0n) is 16.1. The molecular formula is C23H25N3O2. The van der Waals surface area contributed by atoms with Crippen molar-refractivity contribution in [3.05, 3.63) is 72.6 Å². The van der Waals surface area contributed by atoms with E-state index in [1.165, 1.54) is 18.4 Å². The SMILES string of the molecule is COc1ccc(Oc2cc(N3CCC(Cc4ccccc4)CC3)ncn2)cc1.